The molecule has 2 aliphatic heterocycles. The number of thiazole rings is 1. The molecule has 2 aromatic carbocycles. The van der Waals surface area contributed by atoms with Gasteiger partial charge in [0.2, 0.25) is 11.8 Å². The summed E-state index contributed by atoms with van der Waals surface area (Å²) in [6, 6.07) is 14.7. The van der Waals surface area contributed by atoms with E-state index in [-0.39, 0.29) is 56.7 Å². The van der Waals surface area contributed by atoms with Gasteiger partial charge < -0.3 is 26.0 Å². The van der Waals surface area contributed by atoms with E-state index in [4.69, 9.17) is 17.3 Å². The molecule has 4 aromatic rings. The Hall–Kier alpha value is -4.24. The maximum absolute atomic E-state index is 14.1. The topological polar surface area (TPSA) is 172 Å². The van der Waals surface area contributed by atoms with Gasteiger partial charge in [-0.15, -0.1) is 0 Å². The number of pyridine rings is 1. The third kappa shape index (κ3) is 6.38. The van der Waals surface area contributed by atoms with Crippen LogP contribution in [-0.2, 0) is 29.1 Å². The van der Waals surface area contributed by atoms with E-state index in [0.717, 1.165) is 19.4 Å². The van der Waals surface area contributed by atoms with Crippen molar-refractivity contribution in [2.24, 2.45) is 0 Å². The second-order valence-electron chi connectivity index (χ2n) is 10.8. The number of hydrogen-bond acceptors (Lipinski definition) is 10. The van der Waals surface area contributed by atoms with Crippen LogP contribution >= 0.6 is 45.5 Å². The Morgan fingerprint density at radius 1 is 1.26 bits per heavy atom. The second kappa shape index (κ2) is 13.2. The molecule has 2 fully saturated rings. The van der Waals surface area contributed by atoms with E-state index < -0.39 is 18.2 Å². The van der Waals surface area contributed by atoms with Gasteiger partial charge in [-0.3, -0.25) is 14.6 Å². The number of nitrogens with two attached hydrogens (primary N) is 1. The number of hydrazine groups is 1. The SMILES string of the molecule is N#CCN(C(=O)NCc1ccc(I)c(Cl)c1)N1CC(=O)N2[C@@H](Cc3ccc(O)cn3)C(=O)N(Cc3cccc4sc(N)nc34)C[C@@H]21. The molecule has 4 amide bonds. The van der Waals surface area contributed by atoms with Crippen molar-refractivity contribution in [3.05, 3.63) is 80.1 Å². The summed E-state index contributed by atoms with van der Waals surface area (Å²) in [6.07, 6.45) is 0.611. The van der Waals surface area contributed by atoms with Crippen LogP contribution in [0.5, 0.6) is 5.75 Å². The Morgan fingerprint density at radius 2 is 2.09 bits per heavy atom. The Kier molecular flexibility index (Phi) is 9.13. The Bertz CT molecular complexity index is 1870. The summed E-state index contributed by atoms with van der Waals surface area (Å²) in [7, 11) is 0. The normalized spacial score (nSPS) is 18.1. The van der Waals surface area contributed by atoms with Crippen molar-refractivity contribution in [3.8, 4) is 11.8 Å². The minimum atomic E-state index is -0.950. The number of carbonyl (C=O) groups excluding carboxylic acids is 3. The minimum Gasteiger partial charge on any atom is -0.506 e. The number of nitrogens with zero attached hydrogens (tertiary/aromatic N) is 7. The molecule has 0 bridgehead atoms. The number of nitrogen functional groups attached to an aromatic ring is 1. The van der Waals surface area contributed by atoms with Crippen LogP contribution < -0.4 is 11.1 Å². The number of hydrogen-bond donors (Lipinski definition) is 3. The van der Waals surface area contributed by atoms with E-state index in [1.54, 1.807) is 22.0 Å². The van der Waals surface area contributed by atoms with Crippen LogP contribution in [0.2, 0.25) is 5.02 Å². The van der Waals surface area contributed by atoms with E-state index in [1.165, 1.54) is 33.5 Å². The number of benzene rings is 2. The predicted molar refractivity (Wildman–Crippen MR) is 179 cm³/mol. The van der Waals surface area contributed by atoms with Gasteiger partial charge in [0.25, 0.3) is 0 Å². The lowest BCUT2D eigenvalue weighted by atomic mass is 10.0. The first-order valence-electron chi connectivity index (χ1n) is 14.1. The van der Waals surface area contributed by atoms with Crippen LogP contribution in [0.15, 0.2) is 54.7 Å². The number of amides is 4. The quantitative estimate of drug-likeness (QED) is 0.180. The number of nitriles is 1. The van der Waals surface area contributed by atoms with E-state index in [1.807, 2.05) is 36.4 Å². The molecule has 6 rings (SSSR count). The standard InChI is InChI=1S/C30H27ClIN9O4S/c31-21-10-17(4-7-22(21)32)12-36-30(45)39(9-8-33)40-16-26(43)41-23(11-19-5-6-20(42)13-35-19)28(44)38(15-25(40)41)14-18-2-1-3-24-27(18)37-29(34)46-24/h1-7,10,13,23,25,42H,9,11-12,14-16H2,(H2,34,37)(H,36,45)/t23-,25+/m0/s1. The van der Waals surface area contributed by atoms with Gasteiger partial charge >= 0.3 is 6.03 Å². The Labute approximate surface area is 286 Å². The molecule has 46 heavy (non-hydrogen) atoms. The highest BCUT2D eigenvalue weighted by atomic mass is 127. The maximum atomic E-state index is 14.1. The van der Waals surface area contributed by atoms with E-state index in [0.29, 0.717) is 21.4 Å². The summed E-state index contributed by atoms with van der Waals surface area (Å²) in [5.74, 6) is -0.687. The highest BCUT2D eigenvalue weighted by molar-refractivity contribution is 14.1. The van der Waals surface area contributed by atoms with Gasteiger partial charge in [0.15, 0.2) is 5.13 Å². The summed E-state index contributed by atoms with van der Waals surface area (Å²) in [6.45, 7) is -0.139. The number of anilines is 1. The van der Waals surface area contributed by atoms with Gasteiger partial charge in [0.05, 0.1) is 40.6 Å². The molecule has 0 unspecified atom stereocenters. The lowest BCUT2D eigenvalue weighted by Gasteiger charge is -2.46. The van der Waals surface area contributed by atoms with Crippen molar-refractivity contribution in [1.82, 2.24) is 35.1 Å². The fraction of sp³-hybridized carbons (Fsp3) is 0.267. The molecule has 13 nitrogen and oxygen atoms in total. The molecule has 236 valence electrons. The van der Waals surface area contributed by atoms with Gasteiger partial charge in [-0.25, -0.2) is 14.8 Å². The summed E-state index contributed by atoms with van der Waals surface area (Å²) in [4.78, 5) is 53.1. The molecular weight excluding hydrogens is 745 g/mol. The molecule has 0 radical (unpaired) electrons. The Balaban J connectivity index is 1.31. The number of urea groups is 1. The third-order valence-electron chi connectivity index (χ3n) is 7.85. The van der Waals surface area contributed by atoms with Crippen molar-refractivity contribution in [2.75, 3.05) is 25.4 Å². The number of nitrogens with one attached hydrogen (secondary N) is 1. The number of aromatic nitrogens is 2. The third-order valence-corrected chi connectivity index (χ3v) is 10.3. The van der Waals surface area contributed by atoms with Crippen LogP contribution in [0.25, 0.3) is 10.2 Å². The number of halogens is 2. The van der Waals surface area contributed by atoms with Crippen LogP contribution in [-0.4, -0.2) is 84.6 Å². The van der Waals surface area contributed by atoms with Crippen LogP contribution in [0, 0.1) is 14.9 Å². The van der Waals surface area contributed by atoms with Crippen molar-refractivity contribution in [3.63, 3.8) is 0 Å². The number of rotatable bonds is 8. The van der Waals surface area contributed by atoms with Crippen molar-refractivity contribution in [1.29, 1.82) is 5.26 Å². The van der Waals surface area contributed by atoms with Crippen molar-refractivity contribution < 1.29 is 19.5 Å². The Morgan fingerprint density at radius 3 is 2.83 bits per heavy atom. The van der Waals surface area contributed by atoms with E-state index in [2.05, 4.69) is 37.9 Å². The first-order valence-corrected chi connectivity index (χ1v) is 16.4. The molecule has 2 aromatic heterocycles. The zero-order chi connectivity index (χ0) is 32.5. The molecule has 2 saturated heterocycles. The van der Waals surface area contributed by atoms with E-state index in [9.17, 15) is 24.8 Å². The van der Waals surface area contributed by atoms with Gasteiger partial charge in [-0.05, 0) is 64.0 Å². The molecule has 2 aliphatic rings. The molecule has 0 aliphatic carbocycles. The van der Waals surface area contributed by atoms with Crippen LogP contribution in [0.1, 0.15) is 16.8 Å². The monoisotopic (exact) mass is 771 g/mol. The number of carbonyl (C=O) groups is 3. The summed E-state index contributed by atoms with van der Waals surface area (Å²) >= 11 is 9.72. The van der Waals surface area contributed by atoms with Crippen LogP contribution in [0.4, 0.5) is 9.93 Å². The maximum Gasteiger partial charge on any atom is 0.333 e. The average molecular weight is 772 g/mol. The molecule has 0 spiro atoms. The molecular formula is C30H27ClIN9O4S. The first-order chi connectivity index (χ1) is 22.1. The van der Waals surface area contributed by atoms with Crippen molar-refractivity contribution in [2.45, 2.75) is 31.7 Å². The minimum absolute atomic E-state index is 0.0251. The largest absolute Gasteiger partial charge is 0.506 e. The summed E-state index contributed by atoms with van der Waals surface area (Å²) in [5.41, 5.74) is 8.73. The predicted octanol–water partition coefficient (Wildman–Crippen LogP) is 3.31. The van der Waals surface area contributed by atoms with Crippen molar-refractivity contribution >= 4 is 78.7 Å². The fourth-order valence-electron chi connectivity index (χ4n) is 5.75. The number of para-hydroxylation sites is 1. The lowest BCUT2D eigenvalue weighted by Crippen LogP contribution is -2.66. The lowest BCUT2D eigenvalue weighted by molar-refractivity contribution is -0.157. The zero-order valence-electron chi connectivity index (χ0n) is 24.1. The zero-order valence-corrected chi connectivity index (χ0v) is 27.9. The van der Waals surface area contributed by atoms with Gasteiger partial charge in [-0.1, -0.05) is 41.1 Å². The first kappa shape index (κ1) is 31.7. The smallest absolute Gasteiger partial charge is 0.333 e. The highest BCUT2D eigenvalue weighted by Crippen LogP contribution is 2.32. The number of aromatic hydroxyl groups is 1. The molecule has 2 atom stereocenters. The van der Waals surface area contributed by atoms with Gasteiger partial charge in [-0.2, -0.15) is 10.3 Å². The number of fused-ring (bicyclic) bond motifs is 2. The fourth-order valence-corrected chi connectivity index (χ4v) is 7.07. The highest BCUT2D eigenvalue weighted by Gasteiger charge is 2.52. The summed E-state index contributed by atoms with van der Waals surface area (Å²) in [5, 5.41) is 26.0. The van der Waals surface area contributed by atoms with Gasteiger partial charge in [0, 0.05) is 28.8 Å². The molecule has 4 heterocycles. The van der Waals surface area contributed by atoms with E-state index >= 15 is 0 Å². The summed E-state index contributed by atoms with van der Waals surface area (Å²) < 4.78 is 1.76. The number of piperazine rings is 1. The van der Waals surface area contributed by atoms with Crippen LogP contribution in [0.3, 0.4) is 0 Å². The van der Waals surface area contributed by atoms with Gasteiger partial charge in [0.1, 0.15) is 24.5 Å². The average Bonchev–Trinajstić information content (AvgIpc) is 3.58. The second-order valence-corrected chi connectivity index (χ2v) is 13.4. The molecule has 16 heteroatoms. The molecule has 0 saturated carbocycles. The molecule has 4 N–H and O–H groups in total.